The Morgan fingerprint density at radius 1 is 1.18 bits per heavy atom. The number of esters is 2. The Bertz CT molecular complexity index is 431. The molecule has 0 atom stereocenters. The van der Waals surface area contributed by atoms with Gasteiger partial charge in [-0.1, -0.05) is 23.2 Å². The van der Waals surface area contributed by atoms with Crippen LogP contribution in [0.3, 0.4) is 0 Å². The zero-order valence-electron chi connectivity index (χ0n) is 9.04. The molecule has 0 N–H and O–H groups in total. The molecule has 0 bridgehead atoms. The highest BCUT2D eigenvalue weighted by Gasteiger charge is 2.13. The predicted octanol–water partition coefficient (Wildman–Crippen LogP) is 2.85. The highest BCUT2D eigenvalue weighted by atomic mass is 35.5. The van der Waals surface area contributed by atoms with Crippen molar-refractivity contribution in [1.29, 1.82) is 0 Å². The van der Waals surface area contributed by atoms with Gasteiger partial charge in [0.1, 0.15) is 12.2 Å². The van der Waals surface area contributed by atoms with Crippen LogP contribution in [-0.4, -0.2) is 18.5 Å². The van der Waals surface area contributed by atoms with E-state index in [9.17, 15) is 9.59 Å². The number of hydrogen-bond donors (Lipinski definition) is 0. The van der Waals surface area contributed by atoms with E-state index in [0.29, 0.717) is 5.02 Å². The highest BCUT2D eigenvalue weighted by Crippen LogP contribution is 2.26. The van der Waals surface area contributed by atoms with Gasteiger partial charge in [-0.05, 0) is 19.1 Å². The number of hydrogen-bond acceptors (Lipinski definition) is 4. The molecule has 0 heterocycles. The first-order valence-electron chi connectivity index (χ1n) is 4.84. The molecule has 17 heavy (non-hydrogen) atoms. The molecule has 0 radical (unpaired) electrons. The van der Waals surface area contributed by atoms with Gasteiger partial charge in [0, 0.05) is 6.07 Å². The Balaban J connectivity index is 2.56. The van der Waals surface area contributed by atoms with E-state index in [1.807, 2.05) is 0 Å². The maximum absolute atomic E-state index is 11.3. The monoisotopic (exact) mass is 276 g/mol. The lowest BCUT2D eigenvalue weighted by Crippen LogP contribution is -2.15. The molecule has 0 aliphatic heterocycles. The summed E-state index contributed by atoms with van der Waals surface area (Å²) in [6.45, 7) is 1.88. The molecule has 0 unspecified atom stereocenters. The summed E-state index contributed by atoms with van der Waals surface area (Å²) in [7, 11) is 0. The smallest absolute Gasteiger partial charge is 0.322 e. The zero-order chi connectivity index (χ0) is 12.8. The van der Waals surface area contributed by atoms with Gasteiger partial charge in [0.05, 0.1) is 16.7 Å². The minimum absolute atomic E-state index is 0.221. The lowest BCUT2D eigenvalue weighted by Gasteiger charge is -2.05. The van der Waals surface area contributed by atoms with Crippen molar-refractivity contribution in [2.24, 2.45) is 0 Å². The second-order valence-electron chi connectivity index (χ2n) is 3.03. The SMILES string of the molecule is CCOC(=O)CC(=O)Oc1ccc(Cl)c(Cl)c1. The molecule has 1 aromatic rings. The van der Waals surface area contributed by atoms with Gasteiger partial charge in [0.25, 0.3) is 0 Å². The fourth-order valence-electron chi connectivity index (χ4n) is 1.04. The van der Waals surface area contributed by atoms with Gasteiger partial charge in [-0.25, -0.2) is 0 Å². The van der Waals surface area contributed by atoms with E-state index in [1.54, 1.807) is 6.92 Å². The lowest BCUT2D eigenvalue weighted by atomic mass is 10.3. The maximum Gasteiger partial charge on any atom is 0.322 e. The van der Waals surface area contributed by atoms with Crippen LogP contribution in [0.5, 0.6) is 5.75 Å². The average molecular weight is 277 g/mol. The summed E-state index contributed by atoms with van der Waals surface area (Å²) >= 11 is 11.4. The van der Waals surface area contributed by atoms with Crippen molar-refractivity contribution in [1.82, 2.24) is 0 Å². The molecule has 0 fully saturated rings. The first-order valence-corrected chi connectivity index (χ1v) is 5.60. The summed E-state index contributed by atoms with van der Waals surface area (Å²) in [5.41, 5.74) is 0. The van der Waals surface area contributed by atoms with E-state index < -0.39 is 18.4 Å². The quantitative estimate of drug-likeness (QED) is 0.482. The van der Waals surface area contributed by atoms with Crippen LogP contribution in [0.4, 0.5) is 0 Å². The predicted molar refractivity (Wildman–Crippen MR) is 63.3 cm³/mol. The molecule has 0 aromatic heterocycles. The Labute approximate surface area is 108 Å². The van der Waals surface area contributed by atoms with Crippen LogP contribution in [0.15, 0.2) is 18.2 Å². The first-order chi connectivity index (χ1) is 8.02. The van der Waals surface area contributed by atoms with Crippen LogP contribution in [0, 0.1) is 0 Å². The normalized spacial score (nSPS) is 9.82. The second kappa shape index (κ2) is 6.47. The van der Waals surface area contributed by atoms with Crippen molar-refractivity contribution in [2.45, 2.75) is 13.3 Å². The van der Waals surface area contributed by atoms with E-state index in [0.717, 1.165) is 0 Å². The molecule has 92 valence electrons. The van der Waals surface area contributed by atoms with E-state index >= 15 is 0 Å². The lowest BCUT2D eigenvalue weighted by molar-refractivity contribution is -0.149. The average Bonchev–Trinajstić information content (AvgIpc) is 2.23. The number of halogens is 2. The van der Waals surface area contributed by atoms with Gasteiger partial charge in [-0.2, -0.15) is 0 Å². The van der Waals surface area contributed by atoms with Crippen molar-refractivity contribution < 1.29 is 19.1 Å². The Morgan fingerprint density at radius 3 is 2.47 bits per heavy atom. The van der Waals surface area contributed by atoms with E-state index in [2.05, 4.69) is 4.74 Å². The van der Waals surface area contributed by atoms with Crippen LogP contribution < -0.4 is 4.74 Å². The van der Waals surface area contributed by atoms with E-state index in [4.69, 9.17) is 27.9 Å². The van der Waals surface area contributed by atoms with Crippen molar-refractivity contribution in [2.75, 3.05) is 6.61 Å². The fraction of sp³-hybridized carbons (Fsp3) is 0.273. The van der Waals surface area contributed by atoms with E-state index in [-0.39, 0.29) is 17.4 Å². The Kier molecular flexibility index (Phi) is 5.25. The third-order valence-electron chi connectivity index (χ3n) is 1.72. The van der Waals surface area contributed by atoms with Gasteiger partial charge in [0.15, 0.2) is 0 Å². The molecule has 1 rings (SSSR count). The van der Waals surface area contributed by atoms with Crippen molar-refractivity contribution in [3.8, 4) is 5.75 Å². The highest BCUT2D eigenvalue weighted by molar-refractivity contribution is 6.42. The molecule has 1 aromatic carbocycles. The van der Waals surface area contributed by atoms with Gasteiger partial charge in [-0.15, -0.1) is 0 Å². The number of carbonyl (C=O) groups excluding carboxylic acids is 2. The summed E-state index contributed by atoms with van der Waals surface area (Å²) in [5.74, 6) is -1.10. The van der Waals surface area contributed by atoms with Crippen LogP contribution >= 0.6 is 23.2 Å². The van der Waals surface area contributed by atoms with Gasteiger partial charge >= 0.3 is 11.9 Å². The molecule has 6 heteroatoms. The van der Waals surface area contributed by atoms with Crippen LogP contribution in [-0.2, 0) is 14.3 Å². The summed E-state index contributed by atoms with van der Waals surface area (Å²) < 4.78 is 9.49. The molecular weight excluding hydrogens is 267 g/mol. The van der Waals surface area contributed by atoms with Crippen LogP contribution in [0.2, 0.25) is 10.0 Å². The third kappa shape index (κ3) is 4.63. The molecule has 0 spiro atoms. The number of benzene rings is 1. The Hall–Kier alpha value is -1.26. The second-order valence-corrected chi connectivity index (χ2v) is 3.85. The van der Waals surface area contributed by atoms with Crippen molar-refractivity contribution in [3.63, 3.8) is 0 Å². The van der Waals surface area contributed by atoms with Gasteiger partial charge < -0.3 is 9.47 Å². The minimum Gasteiger partial charge on any atom is -0.466 e. The zero-order valence-corrected chi connectivity index (χ0v) is 10.5. The van der Waals surface area contributed by atoms with Crippen molar-refractivity contribution in [3.05, 3.63) is 28.2 Å². The summed E-state index contributed by atoms with van der Waals surface area (Å²) in [6.07, 6.45) is -0.436. The Morgan fingerprint density at radius 2 is 1.88 bits per heavy atom. The summed E-state index contributed by atoms with van der Waals surface area (Å²) in [4.78, 5) is 22.3. The van der Waals surface area contributed by atoms with E-state index in [1.165, 1.54) is 18.2 Å². The molecule has 0 amide bonds. The number of carbonyl (C=O) groups is 2. The molecule has 0 aliphatic rings. The number of ether oxygens (including phenoxy) is 2. The molecular formula is C11H10Cl2O4. The summed E-state index contributed by atoms with van der Waals surface area (Å²) in [5, 5.41) is 0.630. The van der Waals surface area contributed by atoms with Gasteiger partial charge in [-0.3, -0.25) is 9.59 Å². The first kappa shape index (κ1) is 13.8. The number of rotatable bonds is 4. The minimum atomic E-state index is -0.707. The molecule has 0 aliphatic carbocycles. The van der Waals surface area contributed by atoms with Gasteiger partial charge in [0.2, 0.25) is 0 Å². The van der Waals surface area contributed by atoms with Crippen LogP contribution in [0.1, 0.15) is 13.3 Å². The summed E-state index contributed by atoms with van der Waals surface area (Å²) in [6, 6.07) is 4.38. The fourth-order valence-corrected chi connectivity index (χ4v) is 1.33. The topological polar surface area (TPSA) is 52.6 Å². The third-order valence-corrected chi connectivity index (χ3v) is 2.46. The molecule has 0 saturated heterocycles. The van der Waals surface area contributed by atoms with Crippen molar-refractivity contribution >= 4 is 35.1 Å². The largest absolute Gasteiger partial charge is 0.466 e. The standard InChI is InChI=1S/C11H10Cl2O4/c1-2-16-10(14)6-11(15)17-7-3-4-8(12)9(13)5-7/h3-5H,2,6H2,1H3. The molecule has 0 saturated carbocycles. The van der Waals surface area contributed by atoms with Crippen LogP contribution in [0.25, 0.3) is 0 Å². The molecule has 4 nitrogen and oxygen atoms in total. The maximum atomic E-state index is 11.3.